The first-order valence-corrected chi connectivity index (χ1v) is 7.37. The largest absolute Gasteiger partial charge is 0.444 e. The first-order chi connectivity index (χ1) is 9.62. The highest BCUT2D eigenvalue weighted by atomic mass is 16.6. The van der Waals surface area contributed by atoms with Gasteiger partial charge in [-0.15, -0.1) is 0 Å². The predicted molar refractivity (Wildman–Crippen MR) is 81.9 cm³/mol. The zero-order valence-corrected chi connectivity index (χ0v) is 13.7. The molecule has 1 aliphatic rings. The van der Waals surface area contributed by atoms with Gasteiger partial charge >= 0.3 is 6.09 Å². The fraction of sp³-hybridized carbons (Fsp3) is 0.588. The molecule has 2 rings (SSSR count). The first kappa shape index (κ1) is 15.8. The molecule has 0 aromatic heterocycles. The zero-order chi connectivity index (χ0) is 15.8. The molecule has 0 spiro atoms. The summed E-state index contributed by atoms with van der Waals surface area (Å²) in [7, 11) is 0. The van der Waals surface area contributed by atoms with Gasteiger partial charge in [0.05, 0.1) is 12.1 Å². The van der Waals surface area contributed by atoms with Gasteiger partial charge in [-0.3, -0.25) is 4.90 Å². The van der Waals surface area contributed by atoms with E-state index >= 15 is 0 Å². The molecule has 0 N–H and O–H groups in total. The molecule has 1 aromatic carbocycles. The highest BCUT2D eigenvalue weighted by Crippen LogP contribution is 2.42. The fourth-order valence-corrected chi connectivity index (χ4v) is 2.84. The van der Waals surface area contributed by atoms with Crippen LogP contribution >= 0.6 is 0 Å². The summed E-state index contributed by atoms with van der Waals surface area (Å²) in [5, 5.41) is 0. The molecule has 116 valence electrons. The monoisotopic (exact) mass is 291 g/mol. The second kappa shape index (κ2) is 5.34. The van der Waals surface area contributed by atoms with Gasteiger partial charge < -0.3 is 9.47 Å². The molecule has 1 amide bonds. The molecular formula is C17H25NO3. The molecule has 0 bridgehead atoms. The Bertz CT molecular complexity index is 505. The smallest absolute Gasteiger partial charge is 0.413 e. The number of amides is 1. The molecule has 1 saturated heterocycles. The lowest BCUT2D eigenvalue weighted by Crippen LogP contribution is -2.47. The highest BCUT2D eigenvalue weighted by molar-refractivity contribution is 5.70. The van der Waals surface area contributed by atoms with Crippen LogP contribution in [0, 0.1) is 0 Å². The molecule has 21 heavy (non-hydrogen) atoms. The Labute approximate surface area is 127 Å². The standard InChI is InChI=1S/C17H25NO3/c1-12-14(13-10-8-7-9-11-13)18(17(5,6)20-12)15(19)21-16(2,3)4/h7-12,14H,1-6H3/t12-,14-/m1/s1. The molecule has 1 heterocycles. The first-order valence-electron chi connectivity index (χ1n) is 7.37. The number of nitrogens with zero attached hydrogens (tertiary/aromatic N) is 1. The number of hydrogen-bond acceptors (Lipinski definition) is 3. The number of carbonyl (C=O) groups is 1. The third-order valence-corrected chi connectivity index (χ3v) is 3.51. The van der Waals surface area contributed by atoms with E-state index in [0.717, 1.165) is 5.56 Å². The lowest BCUT2D eigenvalue weighted by Gasteiger charge is -2.35. The SMILES string of the molecule is C[C@H]1OC(C)(C)N(C(=O)OC(C)(C)C)[C@H]1c1ccccc1. The van der Waals surface area contributed by atoms with Gasteiger partial charge in [-0.1, -0.05) is 30.3 Å². The van der Waals surface area contributed by atoms with Crippen molar-refractivity contribution in [2.24, 2.45) is 0 Å². The maximum absolute atomic E-state index is 12.6. The van der Waals surface area contributed by atoms with Crippen molar-refractivity contribution in [1.29, 1.82) is 0 Å². The van der Waals surface area contributed by atoms with Crippen LogP contribution < -0.4 is 0 Å². The van der Waals surface area contributed by atoms with Gasteiger partial charge in [0.1, 0.15) is 11.3 Å². The normalized spacial score (nSPS) is 25.0. The zero-order valence-electron chi connectivity index (χ0n) is 13.7. The van der Waals surface area contributed by atoms with Crippen molar-refractivity contribution in [2.45, 2.75) is 65.0 Å². The minimum atomic E-state index is -0.692. The summed E-state index contributed by atoms with van der Waals surface area (Å²) in [5.41, 5.74) is -0.163. The van der Waals surface area contributed by atoms with Crippen LogP contribution in [-0.4, -0.2) is 28.4 Å². The quantitative estimate of drug-likeness (QED) is 0.781. The molecule has 1 aromatic rings. The van der Waals surface area contributed by atoms with Crippen LogP contribution in [0.5, 0.6) is 0 Å². The summed E-state index contributed by atoms with van der Waals surface area (Å²) in [6.45, 7) is 11.4. The molecule has 0 saturated carbocycles. The topological polar surface area (TPSA) is 38.8 Å². The van der Waals surface area contributed by atoms with Crippen LogP contribution in [0.25, 0.3) is 0 Å². The van der Waals surface area contributed by atoms with E-state index in [0.29, 0.717) is 0 Å². The molecule has 2 atom stereocenters. The molecule has 1 aliphatic heterocycles. The van der Waals surface area contributed by atoms with Gasteiger partial charge in [-0.05, 0) is 47.1 Å². The second-order valence-electron chi connectivity index (χ2n) is 6.98. The summed E-state index contributed by atoms with van der Waals surface area (Å²) in [6.07, 6.45) is -0.430. The van der Waals surface area contributed by atoms with Crippen molar-refractivity contribution in [1.82, 2.24) is 4.90 Å². The van der Waals surface area contributed by atoms with E-state index in [1.54, 1.807) is 4.90 Å². The predicted octanol–water partition coefficient (Wildman–Crippen LogP) is 4.12. The lowest BCUT2D eigenvalue weighted by molar-refractivity contribution is -0.0757. The van der Waals surface area contributed by atoms with Gasteiger partial charge in [-0.2, -0.15) is 0 Å². The van der Waals surface area contributed by atoms with Crippen LogP contribution in [0.3, 0.4) is 0 Å². The van der Waals surface area contributed by atoms with Crippen LogP contribution in [0.15, 0.2) is 30.3 Å². The average Bonchev–Trinajstić information content (AvgIpc) is 2.57. The Kier molecular flexibility index (Phi) is 4.02. The van der Waals surface area contributed by atoms with E-state index < -0.39 is 11.3 Å². The third kappa shape index (κ3) is 3.38. The second-order valence-corrected chi connectivity index (χ2v) is 6.98. The van der Waals surface area contributed by atoms with Crippen molar-refractivity contribution in [3.05, 3.63) is 35.9 Å². The summed E-state index contributed by atoms with van der Waals surface area (Å²) in [5.74, 6) is 0. The van der Waals surface area contributed by atoms with E-state index in [4.69, 9.17) is 9.47 Å². The van der Waals surface area contributed by atoms with E-state index in [-0.39, 0.29) is 18.2 Å². The van der Waals surface area contributed by atoms with Crippen molar-refractivity contribution >= 4 is 6.09 Å². The van der Waals surface area contributed by atoms with Crippen LogP contribution in [0.4, 0.5) is 4.79 Å². The number of benzene rings is 1. The number of carbonyl (C=O) groups excluding carboxylic acids is 1. The molecule has 1 fully saturated rings. The summed E-state index contributed by atoms with van der Waals surface area (Å²) in [4.78, 5) is 14.3. The van der Waals surface area contributed by atoms with E-state index in [9.17, 15) is 4.79 Å². The Morgan fingerprint density at radius 3 is 2.33 bits per heavy atom. The average molecular weight is 291 g/mol. The maximum Gasteiger partial charge on any atom is 0.413 e. The molecule has 4 heteroatoms. The number of ether oxygens (including phenoxy) is 2. The van der Waals surface area contributed by atoms with Crippen LogP contribution in [-0.2, 0) is 9.47 Å². The van der Waals surface area contributed by atoms with Gasteiger partial charge in [0, 0.05) is 0 Å². The van der Waals surface area contributed by atoms with Crippen LogP contribution in [0.2, 0.25) is 0 Å². The van der Waals surface area contributed by atoms with Crippen molar-refractivity contribution in [3.63, 3.8) is 0 Å². The summed E-state index contributed by atoms with van der Waals surface area (Å²) in [6, 6.07) is 9.80. The van der Waals surface area contributed by atoms with Gasteiger partial charge in [0.2, 0.25) is 0 Å². The van der Waals surface area contributed by atoms with E-state index in [2.05, 4.69) is 0 Å². The van der Waals surface area contributed by atoms with Crippen molar-refractivity contribution < 1.29 is 14.3 Å². The Morgan fingerprint density at radius 1 is 1.24 bits per heavy atom. The summed E-state index contributed by atoms with van der Waals surface area (Å²) >= 11 is 0. The Morgan fingerprint density at radius 2 is 1.81 bits per heavy atom. The number of rotatable bonds is 1. The van der Waals surface area contributed by atoms with E-state index in [1.807, 2.05) is 71.9 Å². The van der Waals surface area contributed by atoms with Gasteiger partial charge in [0.15, 0.2) is 0 Å². The number of hydrogen-bond donors (Lipinski definition) is 0. The van der Waals surface area contributed by atoms with Crippen molar-refractivity contribution in [3.8, 4) is 0 Å². The maximum atomic E-state index is 12.6. The van der Waals surface area contributed by atoms with Crippen molar-refractivity contribution in [2.75, 3.05) is 0 Å². The molecular weight excluding hydrogens is 266 g/mol. The molecule has 0 unspecified atom stereocenters. The highest BCUT2D eigenvalue weighted by Gasteiger charge is 2.50. The fourth-order valence-electron chi connectivity index (χ4n) is 2.84. The minimum absolute atomic E-state index is 0.0880. The Balaban J connectivity index is 2.35. The third-order valence-electron chi connectivity index (χ3n) is 3.51. The molecule has 0 aliphatic carbocycles. The molecule has 4 nitrogen and oxygen atoms in total. The van der Waals surface area contributed by atoms with E-state index in [1.165, 1.54) is 0 Å². The summed E-state index contributed by atoms with van der Waals surface area (Å²) < 4.78 is 11.6. The van der Waals surface area contributed by atoms with Gasteiger partial charge in [-0.25, -0.2) is 4.79 Å². The van der Waals surface area contributed by atoms with Crippen LogP contribution in [0.1, 0.15) is 53.1 Å². The van der Waals surface area contributed by atoms with Gasteiger partial charge in [0.25, 0.3) is 0 Å². The Hall–Kier alpha value is -1.55. The molecule has 0 radical (unpaired) electrons. The minimum Gasteiger partial charge on any atom is -0.444 e. The lowest BCUT2D eigenvalue weighted by atomic mass is 10.0.